The Hall–Kier alpha value is -2.04. The number of anilines is 1. The molecule has 0 saturated carbocycles. The van der Waals surface area contributed by atoms with Crippen molar-refractivity contribution in [2.24, 2.45) is 0 Å². The quantitative estimate of drug-likeness (QED) is 0.738. The number of benzene rings is 2. The smallest absolute Gasteiger partial charge is 0.227 e. The molecule has 25 heavy (non-hydrogen) atoms. The number of halogens is 1. The summed E-state index contributed by atoms with van der Waals surface area (Å²) in [6.07, 6.45) is 0.322. The number of nitrogens with one attached hydrogen (secondary N) is 2. The van der Waals surface area contributed by atoms with Crippen molar-refractivity contribution >= 4 is 24.0 Å². The van der Waals surface area contributed by atoms with Crippen molar-refractivity contribution in [2.75, 3.05) is 18.5 Å². The summed E-state index contributed by atoms with van der Waals surface area (Å²) in [6, 6.07) is 13.9. The predicted octanol–water partition coefficient (Wildman–Crippen LogP) is 4.24. The number of rotatable bonds is 8. The lowest BCUT2D eigenvalue weighted by Gasteiger charge is -2.12. The largest absolute Gasteiger partial charge is 0.493 e. The lowest BCUT2D eigenvalue weighted by Crippen LogP contribution is -2.18. The Kier molecular flexibility index (Phi) is 9.03. The molecule has 1 amide bonds. The second kappa shape index (κ2) is 10.7. The van der Waals surface area contributed by atoms with Crippen LogP contribution in [-0.2, 0) is 11.3 Å². The van der Waals surface area contributed by atoms with E-state index < -0.39 is 0 Å². The average molecular weight is 363 g/mol. The van der Waals surface area contributed by atoms with Crippen molar-refractivity contribution in [3.8, 4) is 5.75 Å². The minimum atomic E-state index is -0.0382. The number of carbonyl (C=O) groups excluding carboxylic acids is 1. The molecule has 4 nitrogen and oxygen atoms in total. The van der Waals surface area contributed by atoms with Gasteiger partial charge < -0.3 is 15.4 Å². The van der Waals surface area contributed by atoms with Gasteiger partial charge in [-0.1, -0.05) is 42.8 Å². The molecule has 0 saturated heterocycles. The summed E-state index contributed by atoms with van der Waals surface area (Å²) in [5, 5.41) is 6.25. The van der Waals surface area contributed by atoms with Gasteiger partial charge in [-0.2, -0.15) is 0 Å². The van der Waals surface area contributed by atoms with Gasteiger partial charge in [-0.3, -0.25) is 4.79 Å². The average Bonchev–Trinajstić information content (AvgIpc) is 2.56. The van der Waals surface area contributed by atoms with Crippen LogP contribution in [0.1, 0.15) is 30.0 Å². The fourth-order valence-corrected chi connectivity index (χ4v) is 2.48. The molecular weight excluding hydrogens is 336 g/mol. The fraction of sp³-hybridized carbons (Fsp3) is 0.350. The maximum absolute atomic E-state index is 12.2. The second-order valence-electron chi connectivity index (χ2n) is 5.85. The number of hydrogen-bond donors (Lipinski definition) is 2. The minimum Gasteiger partial charge on any atom is -0.493 e. The van der Waals surface area contributed by atoms with Crippen molar-refractivity contribution in [1.29, 1.82) is 0 Å². The van der Waals surface area contributed by atoms with Gasteiger partial charge in [0.15, 0.2) is 0 Å². The Morgan fingerprint density at radius 1 is 1.12 bits per heavy atom. The van der Waals surface area contributed by atoms with Crippen molar-refractivity contribution in [1.82, 2.24) is 5.32 Å². The van der Waals surface area contributed by atoms with E-state index in [1.807, 2.05) is 43.3 Å². The number of ether oxygens (including phenoxy) is 1. The molecular formula is C20H27ClN2O2. The first-order valence-corrected chi connectivity index (χ1v) is 8.38. The highest BCUT2D eigenvalue weighted by molar-refractivity contribution is 5.91. The second-order valence-corrected chi connectivity index (χ2v) is 5.85. The van der Waals surface area contributed by atoms with Crippen LogP contribution < -0.4 is 15.4 Å². The summed E-state index contributed by atoms with van der Waals surface area (Å²) in [5.74, 6) is 0.796. The third-order valence-electron chi connectivity index (χ3n) is 3.77. The Balaban J connectivity index is 0.00000312. The van der Waals surface area contributed by atoms with E-state index in [0.29, 0.717) is 13.0 Å². The maximum atomic E-state index is 12.2. The maximum Gasteiger partial charge on any atom is 0.227 e. The van der Waals surface area contributed by atoms with E-state index in [4.69, 9.17) is 4.74 Å². The lowest BCUT2D eigenvalue weighted by molar-refractivity contribution is -0.116. The van der Waals surface area contributed by atoms with Crippen LogP contribution in [0, 0.1) is 13.8 Å². The zero-order valence-corrected chi connectivity index (χ0v) is 15.9. The Bertz CT molecular complexity index is 689. The number of aryl methyl sites for hydroxylation is 2. The summed E-state index contributed by atoms with van der Waals surface area (Å²) >= 11 is 0. The van der Waals surface area contributed by atoms with Gasteiger partial charge in [-0.25, -0.2) is 0 Å². The highest BCUT2D eigenvalue weighted by Gasteiger charge is 2.07. The molecule has 0 aromatic heterocycles. The highest BCUT2D eigenvalue weighted by Crippen LogP contribution is 2.19. The van der Waals surface area contributed by atoms with Gasteiger partial charge in [0.1, 0.15) is 5.75 Å². The van der Waals surface area contributed by atoms with Gasteiger partial charge >= 0.3 is 0 Å². The molecule has 136 valence electrons. The third kappa shape index (κ3) is 6.77. The minimum absolute atomic E-state index is 0. The summed E-state index contributed by atoms with van der Waals surface area (Å²) < 4.78 is 5.72. The molecule has 0 heterocycles. The van der Waals surface area contributed by atoms with Gasteiger partial charge in [0.2, 0.25) is 5.91 Å². The molecule has 0 aliphatic carbocycles. The zero-order chi connectivity index (χ0) is 17.4. The predicted molar refractivity (Wildman–Crippen MR) is 106 cm³/mol. The van der Waals surface area contributed by atoms with E-state index in [2.05, 4.69) is 30.5 Å². The number of carbonyl (C=O) groups is 1. The SMILES string of the molecule is CCNCc1ccccc1NC(=O)CCOc1ccc(C)cc1C.Cl. The van der Waals surface area contributed by atoms with Gasteiger partial charge in [0.25, 0.3) is 0 Å². The molecule has 0 aliphatic rings. The van der Waals surface area contributed by atoms with E-state index in [1.165, 1.54) is 5.56 Å². The van der Waals surface area contributed by atoms with E-state index in [1.54, 1.807) is 0 Å². The van der Waals surface area contributed by atoms with Crippen LogP contribution in [0.5, 0.6) is 5.75 Å². The van der Waals surface area contributed by atoms with Crippen LogP contribution in [0.2, 0.25) is 0 Å². The van der Waals surface area contributed by atoms with Gasteiger partial charge in [0, 0.05) is 12.2 Å². The first-order chi connectivity index (χ1) is 11.6. The van der Waals surface area contributed by atoms with Gasteiger partial charge in [0.05, 0.1) is 13.0 Å². The normalized spacial score (nSPS) is 10.0. The molecule has 0 bridgehead atoms. The van der Waals surface area contributed by atoms with E-state index in [9.17, 15) is 4.79 Å². The summed E-state index contributed by atoms with van der Waals surface area (Å²) in [6.45, 7) is 8.13. The van der Waals surface area contributed by atoms with Crippen molar-refractivity contribution < 1.29 is 9.53 Å². The zero-order valence-electron chi connectivity index (χ0n) is 15.1. The van der Waals surface area contributed by atoms with Crippen LogP contribution in [-0.4, -0.2) is 19.1 Å². The molecule has 0 fully saturated rings. The van der Waals surface area contributed by atoms with E-state index >= 15 is 0 Å². The van der Waals surface area contributed by atoms with Crippen LogP contribution in [0.15, 0.2) is 42.5 Å². The number of amides is 1. The summed E-state index contributed by atoms with van der Waals surface area (Å²) in [5.41, 5.74) is 4.24. The molecule has 0 spiro atoms. The third-order valence-corrected chi connectivity index (χ3v) is 3.77. The summed E-state index contributed by atoms with van der Waals surface area (Å²) in [7, 11) is 0. The monoisotopic (exact) mass is 362 g/mol. The molecule has 0 radical (unpaired) electrons. The van der Waals surface area contributed by atoms with Gasteiger partial charge in [-0.15, -0.1) is 12.4 Å². The number of hydrogen-bond acceptors (Lipinski definition) is 3. The number of para-hydroxylation sites is 1. The fourth-order valence-electron chi connectivity index (χ4n) is 2.48. The van der Waals surface area contributed by atoms with Crippen LogP contribution >= 0.6 is 12.4 Å². The van der Waals surface area contributed by atoms with Crippen molar-refractivity contribution in [2.45, 2.75) is 33.7 Å². The van der Waals surface area contributed by atoms with Crippen LogP contribution in [0.3, 0.4) is 0 Å². The Labute approximate surface area is 156 Å². The van der Waals surface area contributed by atoms with Crippen LogP contribution in [0.25, 0.3) is 0 Å². The molecule has 2 N–H and O–H groups in total. The lowest BCUT2D eigenvalue weighted by atomic mass is 10.1. The molecule has 2 rings (SSSR count). The molecule has 0 aliphatic heterocycles. The van der Waals surface area contributed by atoms with Crippen molar-refractivity contribution in [3.05, 3.63) is 59.2 Å². The highest BCUT2D eigenvalue weighted by atomic mass is 35.5. The standard InChI is InChI=1S/C20H26N2O2.ClH/c1-4-21-14-17-7-5-6-8-18(17)22-20(23)11-12-24-19-10-9-15(2)13-16(19)3;/h5-10,13,21H,4,11-12,14H2,1-3H3,(H,22,23);1H. The molecule has 0 atom stereocenters. The Morgan fingerprint density at radius 3 is 2.60 bits per heavy atom. The Morgan fingerprint density at radius 2 is 1.88 bits per heavy atom. The molecule has 2 aromatic carbocycles. The topological polar surface area (TPSA) is 50.4 Å². The van der Waals surface area contributed by atoms with Crippen molar-refractivity contribution in [3.63, 3.8) is 0 Å². The molecule has 2 aromatic rings. The summed E-state index contributed by atoms with van der Waals surface area (Å²) in [4.78, 5) is 12.2. The van der Waals surface area contributed by atoms with Gasteiger partial charge in [-0.05, 0) is 43.7 Å². The first kappa shape index (κ1) is 21.0. The van der Waals surface area contributed by atoms with E-state index in [0.717, 1.165) is 35.7 Å². The molecule has 0 unspecified atom stereocenters. The molecule has 5 heteroatoms. The van der Waals surface area contributed by atoms with E-state index in [-0.39, 0.29) is 18.3 Å². The van der Waals surface area contributed by atoms with Crippen LogP contribution in [0.4, 0.5) is 5.69 Å². The first-order valence-electron chi connectivity index (χ1n) is 8.38.